The largest absolute Gasteiger partial charge is 0.497 e. The number of hydrogen-bond donors (Lipinski definition) is 0. The summed E-state index contributed by atoms with van der Waals surface area (Å²) in [4.78, 5) is 4.09. The molecule has 158 valence electrons. The highest BCUT2D eigenvalue weighted by atomic mass is 32.2. The summed E-state index contributed by atoms with van der Waals surface area (Å²) in [6, 6.07) is 16.2. The number of pyridine rings is 1. The molecule has 0 fully saturated rings. The molecule has 0 bridgehead atoms. The van der Waals surface area contributed by atoms with Gasteiger partial charge in [0.2, 0.25) is 0 Å². The molecule has 0 N–H and O–H groups in total. The van der Waals surface area contributed by atoms with Crippen LogP contribution in [-0.4, -0.2) is 26.9 Å². The third-order valence-corrected chi connectivity index (χ3v) is 5.51. The van der Waals surface area contributed by atoms with E-state index < -0.39 is 11.7 Å². The first-order chi connectivity index (χ1) is 15.0. The van der Waals surface area contributed by atoms with E-state index in [9.17, 15) is 13.2 Å². The fourth-order valence-electron chi connectivity index (χ4n) is 2.97. The second-order valence-electron chi connectivity index (χ2n) is 6.57. The van der Waals surface area contributed by atoms with E-state index in [-0.39, 0.29) is 0 Å². The highest BCUT2D eigenvalue weighted by Gasteiger charge is 2.31. The molecule has 2 aromatic heterocycles. The standard InChI is InChI=1S/C22H17F3N4OS/c1-30-19-9-7-15(8-10-19)14-31-21-28-27-20(16-4-3-11-26-13-16)29(21)18-6-2-5-17(12-18)22(23,24)25/h2-13H,14H2,1H3. The van der Waals surface area contributed by atoms with Gasteiger partial charge >= 0.3 is 6.18 Å². The normalized spacial score (nSPS) is 11.5. The Morgan fingerprint density at radius 1 is 1.00 bits per heavy atom. The van der Waals surface area contributed by atoms with Gasteiger partial charge in [-0.05, 0) is 48.0 Å². The van der Waals surface area contributed by atoms with Gasteiger partial charge in [-0.15, -0.1) is 10.2 Å². The van der Waals surface area contributed by atoms with Gasteiger partial charge in [-0.25, -0.2) is 0 Å². The van der Waals surface area contributed by atoms with Crippen LogP contribution < -0.4 is 4.74 Å². The van der Waals surface area contributed by atoms with Crippen LogP contribution in [0.15, 0.2) is 78.2 Å². The molecule has 0 aliphatic rings. The second-order valence-corrected chi connectivity index (χ2v) is 7.51. The number of ether oxygens (including phenoxy) is 1. The number of nitrogens with zero attached hydrogens (tertiary/aromatic N) is 4. The lowest BCUT2D eigenvalue weighted by molar-refractivity contribution is -0.137. The summed E-state index contributed by atoms with van der Waals surface area (Å²) >= 11 is 1.38. The van der Waals surface area contributed by atoms with Gasteiger partial charge < -0.3 is 4.74 Å². The van der Waals surface area contributed by atoms with Crippen molar-refractivity contribution < 1.29 is 17.9 Å². The summed E-state index contributed by atoms with van der Waals surface area (Å²) in [5.74, 6) is 1.73. The molecule has 2 aromatic carbocycles. The molecule has 31 heavy (non-hydrogen) atoms. The van der Waals surface area contributed by atoms with Crippen molar-refractivity contribution >= 4 is 11.8 Å². The molecule has 4 rings (SSSR count). The summed E-state index contributed by atoms with van der Waals surface area (Å²) in [5, 5.41) is 8.98. The van der Waals surface area contributed by atoms with E-state index >= 15 is 0 Å². The predicted molar refractivity (Wildman–Crippen MR) is 112 cm³/mol. The third kappa shape index (κ3) is 4.72. The molecular weight excluding hydrogens is 425 g/mol. The number of rotatable bonds is 6. The third-order valence-electron chi connectivity index (χ3n) is 4.51. The SMILES string of the molecule is COc1ccc(CSc2nnc(-c3cccnc3)n2-c2cccc(C(F)(F)F)c2)cc1. The zero-order valence-electron chi connectivity index (χ0n) is 16.4. The Kier molecular flexibility index (Phi) is 5.94. The topological polar surface area (TPSA) is 52.8 Å². The van der Waals surface area contributed by atoms with Gasteiger partial charge in [0.15, 0.2) is 11.0 Å². The van der Waals surface area contributed by atoms with Gasteiger partial charge in [0.25, 0.3) is 0 Å². The highest BCUT2D eigenvalue weighted by Crippen LogP contribution is 2.34. The van der Waals surface area contributed by atoms with Crippen molar-refractivity contribution in [3.05, 3.63) is 84.2 Å². The zero-order chi connectivity index (χ0) is 21.8. The Hall–Kier alpha value is -3.33. The Morgan fingerprint density at radius 2 is 1.81 bits per heavy atom. The van der Waals surface area contributed by atoms with Crippen LogP contribution in [0.4, 0.5) is 13.2 Å². The molecule has 0 amide bonds. The number of thioether (sulfide) groups is 1. The Labute approximate surface area is 180 Å². The average Bonchev–Trinajstić information content (AvgIpc) is 3.22. The predicted octanol–water partition coefficient (Wildman–Crippen LogP) is 5.65. The minimum atomic E-state index is -4.45. The van der Waals surface area contributed by atoms with Gasteiger partial charge in [-0.2, -0.15) is 13.2 Å². The molecule has 2 heterocycles. The van der Waals surface area contributed by atoms with Crippen LogP contribution in [-0.2, 0) is 11.9 Å². The monoisotopic (exact) mass is 442 g/mol. The molecule has 4 aromatic rings. The first-order valence-electron chi connectivity index (χ1n) is 9.25. The lowest BCUT2D eigenvalue weighted by Crippen LogP contribution is -2.07. The van der Waals surface area contributed by atoms with Gasteiger partial charge in [0.05, 0.1) is 18.4 Å². The molecule has 0 aliphatic carbocycles. The summed E-state index contributed by atoms with van der Waals surface area (Å²) in [7, 11) is 1.60. The zero-order valence-corrected chi connectivity index (χ0v) is 17.2. The van der Waals surface area contributed by atoms with E-state index in [0.29, 0.717) is 28.0 Å². The first kappa shape index (κ1) is 20.9. The molecule has 0 unspecified atom stereocenters. The van der Waals surface area contributed by atoms with Gasteiger partial charge in [-0.1, -0.05) is 30.0 Å². The lowest BCUT2D eigenvalue weighted by Gasteiger charge is -2.13. The quantitative estimate of drug-likeness (QED) is 0.361. The summed E-state index contributed by atoms with van der Waals surface area (Å²) in [6.07, 6.45) is -1.23. The molecule has 0 radical (unpaired) electrons. The van der Waals surface area contributed by atoms with Crippen molar-refractivity contribution in [1.82, 2.24) is 19.7 Å². The van der Waals surface area contributed by atoms with Crippen LogP contribution in [0.25, 0.3) is 17.1 Å². The van der Waals surface area contributed by atoms with Crippen molar-refractivity contribution in [1.29, 1.82) is 0 Å². The summed E-state index contributed by atoms with van der Waals surface area (Å²) in [6.45, 7) is 0. The molecular formula is C22H17F3N4OS. The van der Waals surface area contributed by atoms with Crippen LogP contribution >= 0.6 is 11.8 Å². The van der Waals surface area contributed by atoms with Crippen molar-refractivity contribution in [3.63, 3.8) is 0 Å². The van der Waals surface area contributed by atoms with Gasteiger partial charge in [0, 0.05) is 23.7 Å². The van der Waals surface area contributed by atoms with Crippen molar-refractivity contribution in [2.75, 3.05) is 7.11 Å². The number of methoxy groups -OCH3 is 1. The van der Waals surface area contributed by atoms with E-state index in [1.807, 2.05) is 24.3 Å². The van der Waals surface area contributed by atoms with Gasteiger partial charge in [-0.3, -0.25) is 9.55 Å². The van der Waals surface area contributed by atoms with E-state index in [1.165, 1.54) is 17.8 Å². The van der Waals surface area contributed by atoms with Crippen molar-refractivity contribution in [2.24, 2.45) is 0 Å². The summed E-state index contributed by atoms with van der Waals surface area (Å²) < 4.78 is 46.7. The molecule has 0 spiro atoms. The number of benzene rings is 2. The van der Waals surface area contributed by atoms with Gasteiger partial charge in [0.1, 0.15) is 5.75 Å². The lowest BCUT2D eigenvalue weighted by atomic mass is 10.2. The van der Waals surface area contributed by atoms with E-state index in [0.717, 1.165) is 23.4 Å². The minimum Gasteiger partial charge on any atom is -0.497 e. The minimum absolute atomic E-state index is 0.330. The Bertz CT molecular complexity index is 1160. The highest BCUT2D eigenvalue weighted by molar-refractivity contribution is 7.98. The van der Waals surface area contributed by atoms with Crippen LogP contribution in [0.2, 0.25) is 0 Å². The maximum absolute atomic E-state index is 13.3. The van der Waals surface area contributed by atoms with E-state index in [2.05, 4.69) is 15.2 Å². The number of aromatic nitrogens is 4. The molecule has 9 heteroatoms. The van der Waals surface area contributed by atoms with Crippen LogP contribution in [0.3, 0.4) is 0 Å². The molecule has 0 aliphatic heterocycles. The fourth-order valence-corrected chi connectivity index (χ4v) is 3.88. The van der Waals surface area contributed by atoms with E-state index in [1.54, 1.807) is 42.3 Å². The Balaban J connectivity index is 1.73. The maximum atomic E-state index is 13.3. The fraction of sp³-hybridized carbons (Fsp3) is 0.136. The maximum Gasteiger partial charge on any atom is 0.416 e. The Morgan fingerprint density at radius 3 is 2.48 bits per heavy atom. The number of alkyl halides is 3. The number of halogens is 3. The molecule has 5 nitrogen and oxygen atoms in total. The van der Waals surface area contributed by atoms with Crippen molar-refractivity contribution in [2.45, 2.75) is 17.1 Å². The first-order valence-corrected chi connectivity index (χ1v) is 10.2. The number of hydrogen-bond acceptors (Lipinski definition) is 5. The smallest absolute Gasteiger partial charge is 0.416 e. The molecule has 0 saturated heterocycles. The van der Waals surface area contributed by atoms with Crippen LogP contribution in [0.1, 0.15) is 11.1 Å². The van der Waals surface area contributed by atoms with Crippen molar-refractivity contribution in [3.8, 4) is 22.8 Å². The van der Waals surface area contributed by atoms with Crippen LogP contribution in [0, 0.1) is 0 Å². The molecule has 0 saturated carbocycles. The second kappa shape index (κ2) is 8.81. The summed E-state index contributed by atoms with van der Waals surface area (Å²) in [5.41, 5.74) is 1.27. The average molecular weight is 442 g/mol. The van der Waals surface area contributed by atoms with E-state index in [4.69, 9.17) is 4.74 Å². The molecule has 0 atom stereocenters. The van der Waals surface area contributed by atoms with Crippen LogP contribution in [0.5, 0.6) is 5.75 Å².